The molecule has 0 spiro atoms. The Morgan fingerprint density at radius 1 is 0.224 bits per heavy atom. The number of hydrogen-bond donors (Lipinski definition) is 0. The molecule has 0 N–H and O–H groups in total. The molecule has 6 aromatic rings. The van der Waals surface area contributed by atoms with Crippen LogP contribution in [0.15, 0.2) is 194 Å². The maximum absolute atomic E-state index is 2.19. The molecular formula is C58H96. The highest BCUT2D eigenvalue weighted by molar-refractivity contribution is 5.82. The minimum absolute atomic E-state index is 0.500. The monoisotopic (exact) mass is 793 g/mol. The molecule has 328 valence electrons. The van der Waals surface area contributed by atoms with Crippen molar-refractivity contribution in [2.24, 2.45) is 10.8 Å². The Morgan fingerprint density at radius 3 is 0.362 bits per heavy atom. The van der Waals surface area contributed by atoms with E-state index in [0.717, 1.165) is 0 Å². The summed E-state index contributed by atoms with van der Waals surface area (Å²) in [6, 6.07) is 64.7. The molecule has 6 aromatic carbocycles. The van der Waals surface area contributed by atoms with Gasteiger partial charge in [0.2, 0.25) is 0 Å². The Hall–Kier alpha value is -4.42. The molecule has 0 saturated carbocycles. The van der Waals surface area contributed by atoms with Crippen molar-refractivity contribution in [2.45, 2.75) is 151 Å². The number of fused-ring (bicyclic) bond motifs is 1. The number of hydrogen-bond acceptors (Lipinski definition) is 0. The minimum Gasteiger partial charge on any atom is -0.0683 e. The summed E-state index contributed by atoms with van der Waals surface area (Å²) >= 11 is 0. The fraction of sp³-hybridized carbons (Fsp3) is 0.414. The van der Waals surface area contributed by atoms with Gasteiger partial charge in [0.25, 0.3) is 0 Å². The largest absolute Gasteiger partial charge is 0.0683 e. The fourth-order valence-corrected chi connectivity index (χ4v) is 2.67. The maximum atomic E-state index is 2.19. The zero-order valence-corrected chi connectivity index (χ0v) is 41.9. The summed E-state index contributed by atoms with van der Waals surface area (Å²) in [5.74, 6) is 0. The van der Waals surface area contributed by atoms with E-state index >= 15 is 0 Å². The molecule has 0 nitrogen and oxygen atoms in total. The van der Waals surface area contributed by atoms with Gasteiger partial charge in [-0.05, 0) is 21.6 Å². The summed E-state index contributed by atoms with van der Waals surface area (Å²) in [7, 11) is 0. The lowest BCUT2D eigenvalue weighted by atomic mass is 10.0. The van der Waals surface area contributed by atoms with E-state index in [4.69, 9.17) is 0 Å². The van der Waals surface area contributed by atoms with Crippen LogP contribution in [-0.2, 0) is 0 Å². The molecule has 0 radical (unpaired) electrons. The maximum Gasteiger partial charge on any atom is -0.0184 e. The van der Waals surface area contributed by atoms with Crippen LogP contribution >= 0.6 is 0 Å². The van der Waals surface area contributed by atoms with Crippen LogP contribution in [0.2, 0.25) is 0 Å². The molecule has 0 aliphatic carbocycles. The quantitative estimate of drug-likeness (QED) is 0.144. The second kappa shape index (κ2) is 61.8. The summed E-state index contributed by atoms with van der Waals surface area (Å²) in [6.07, 6.45) is 2.50. The Kier molecular flexibility index (Phi) is 72.7. The standard InChI is InChI=1S/C10H8.4C6H6.2C5H12.2C3H8.4C2H6/c1-2-6-10-8-4-3-7-9(10)5-1;4*1-2-4-6-5-3-1;2*1-5(2,3)4;2*1-3-2;4*1-2/h1-8H;4*1-6H;2*1-4H3;2*3H2,1-2H3;4*1-2H3. The van der Waals surface area contributed by atoms with Crippen LogP contribution in [-0.4, -0.2) is 0 Å². The second-order valence-corrected chi connectivity index (χ2v) is 14.4. The van der Waals surface area contributed by atoms with Crippen LogP contribution in [0.1, 0.15) is 151 Å². The van der Waals surface area contributed by atoms with E-state index in [1.54, 1.807) is 0 Å². The lowest BCUT2D eigenvalue weighted by Gasteiger charge is -2.05. The van der Waals surface area contributed by atoms with Crippen LogP contribution in [0.3, 0.4) is 0 Å². The van der Waals surface area contributed by atoms with E-state index in [2.05, 4.69) is 132 Å². The van der Waals surface area contributed by atoms with E-state index in [1.807, 2.05) is 201 Å². The van der Waals surface area contributed by atoms with Gasteiger partial charge in [0, 0.05) is 0 Å². The van der Waals surface area contributed by atoms with Gasteiger partial charge in [0.15, 0.2) is 0 Å². The Morgan fingerprint density at radius 2 is 0.293 bits per heavy atom. The van der Waals surface area contributed by atoms with Crippen molar-refractivity contribution < 1.29 is 0 Å². The predicted octanol–water partition coefficient (Wildman–Crippen LogP) is 20.6. The highest BCUT2D eigenvalue weighted by atomic mass is 14.0. The SMILES string of the molecule is CC.CC.CC.CC.CC(C)(C)C.CC(C)(C)C.CCC.CCC.c1ccc2ccccc2c1.c1ccccc1.c1ccccc1.c1ccccc1.c1ccccc1. The molecule has 0 fully saturated rings. The lowest BCUT2D eigenvalue weighted by molar-refractivity contribution is 0.469. The van der Waals surface area contributed by atoms with Crippen molar-refractivity contribution in [2.75, 3.05) is 0 Å². The molecule has 58 heavy (non-hydrogen) atoms. The Balaban J connectivity index is -0.000000101. The zero-order valence-electron chi connectivity index (χ0n) is 41.9. The van der Waals surface area contributed by atoms with Gasteiger partial charge in [-0.15, -0.1) is 0 Å². The molecule has 0 bridgehead atoms. The van der Waals surface area contributed by atoms with Gasteiger partial charge in [-0.2, -0.15) is 0 Å². The molecule has 0 aromatic heterocycles. The van der Waals surface area contributed by atoms with Crippen molar-refractivity contribution in [1.82, 2.24) is 0 Å². The van der Waals surface area contributed by atoms with Crippen molar-refractivity contribution in [3.63, 3.8) is 0 Å². The first-order chi connectivity index (χ1) is 27.8. The predicted molar refractivity (Wildman–Crippen MR) is 277 cm³/mol. The van der Waals surface area contributed by atoms with Crippen molar-refractivity contribution >= 4 is 10.8 Å². The number of rotatable bonds is 0. The van der Waals surface area contributed by atoms with Crippen LogP contribution in [0.4, 0.5) is 0 Å². The first kappa shape index (κ1) is 68.3. The van der Waals surface area contributed by atoms with Crippen molar-refractivity contribution in [3.05, 3.63) is 194 Å². The minimum atomic E-state index is 0.500. The summed E-state index contributed by atoms with van der Waals surface area (Å²) < 4.78 is 0. The fourth-order valence-electron chi connectivity index (χ4n) is 2.67. The number of benzene rings is 6. The average molecular weight is 793 g/mol. The molecule has 0 atom stereocenters. The molecule has 0 amide bonds. The highest BCUT2D eigenvalue weighted by Crippen LogP contribution is 2.11. The molecule has 0 aliphatic rings. The molecule has 0 heteroatoms. The first-order valence-corrected chi connectivity index (χ1v) is 22.2. The Labute approximate surface area is 365 Å². The van der Waals surface area contributed by atoms with Crippen molar-refractivity contribution in [1.29, 1.82) is 0 Å². The van der Waals surface area contributed by atoms with Gasteiger partial charge in [0.05, 0.1) is 0 Å². The van der Waals surface area contributed by atoms with Crippen LogP contribution in [0.25, 0.3) is 10.8 Å². The van der Waals surface area contributed by atoms with Crippen LogP contribution in [0, 0.1) is 10.8 Å². The molecular weight excluding hydrogens is 697 g/mol. The van der Waals surface area contributed by atoms with E-state index in [-0.39, 0.29) is 0 Å². The average Bonchev–Trinajstić information content (AvgIpc) is 3.27. The molecule has 6 rings (SSSR count). The van der Waals surface area contributed by atoms with Gasteiger partial charge >= 0.3 is 0 Å². The van der Waals surface area contributed by atoms with E-state index in [0.29, 0.717) is 10.8 Å². The molecule has 0 unspecified atom stereocenters. The third-order valence-corrected chi connectivity index (χ3v) is 4.33. The second-order valence-electron chi connectivity index (χ2n) is 14.4. The van der Waals surface area contributed by atoms with Gasteiger partial charge in [-0.1, -0.05) is 345 Å². The van der Waals surface area contributed by atoms with E-state index in [9.17, 15) is 0 Å². The molecule has 0 saturated heterocycles. The van der Waals surface area contributed by atoms with Gasteiger partial charge < -0.3 is 0 Å². The van der Waals surface area contributed by atoms with Gasteiger partial charge in [0.1, 0.15) is 0 Å². The Bertz CT molecular complexity index is 1050. The summed E-state index contributed by atoms with van der Waals surface area (Å²) in [4.78, 5) is 0. The van der Waals surface area contributed by atoms with Gasteiger partial charge in [-0.3, -0.25) is 0 Å². The van der Waals surface area contributed by atoms with Crippen LogP contribution in [0.5, 0.6) is 0 Å². The zero-order chi connectivity index (χ0) is 46.2. The normalized spacial score (nSPS) is 8.14. The lowest BCUT2D eigenvalue weighted by Crippen LogP contribution is -1.93. The van der Waals surface area contributed by atoms with Gasteiger partial charge in [-0.25, -0.2) is 0 Å². The molecule has 0 heterocycles. The summed E-state index contributed by atoms with van der Waals surface area (Å²) in [5.41, 5.74) is 1.00. The molecule has 0 aliphatic heterocycles. The first-order valence-electron chi connectivity index (χ1n) is 22.2. The summed E-state index contributed by atoms with van der Waals surface area (Å²) in [5, 5.41) is 2.62. The van der Waals surface area contributed by atoms with E-state index < -0.39 is 0 Å². The smallest absolute Gasteiger partial charge is 0.0184 e. The highest BCUT2D eigenvalue weighted by Gasteiger charge is 1.96. The third kappa shape index (κ3) is 93.4. The third-order valence-electron chi connectivity index (χ3n) is 4.33. The van der Waals surface area contributed by atoms with Crippen LogP contribution < -0.4 is 0 Å². The summed E-state index contributed by atoms with van der Waals surface area (Å²) in [6.45, 7) is 42.0. The van der Waals surface area contributed by atoms with Crippen molar-refractivity contribution in [3.8, 4) is 0 Å². The van der Waals surface area contributed by atoms with E-state index in [1.165, 1.54) is 23.6 Å². The topological polar surface area (TPSA) is 0 Å².